The van der Waals surface area contributed by atoms with Gasteiger partial charge in [0.05, 0.1) is 60.9 Å². The van der Waals surface area contributed by atoms with Crippen LogP contribution in [0.4, 0.5) is 14.9 Å². The number of anilines is 1. The Kier molecular flexibility index (Phi) is 8.08. The van der Waals surface area contributed by atoms with Crippen LogP contribution >= 0.6 is 0 Å². The summed E-state index contributed by atoms with van der Waals surface area (Å²) in [5.41, 5.74) is 2.53. The highest BCUT2D eigenvalue weighted by molar-refractivity contribution is 5.90. The van der Waals surface area contributed by atoms with Crippen LogP contribution in [0.15, 0.2) is 54.9 Å². The van der Waals surface area contributed by atoms with Crippen molar-refractivity contribution in [2.24, 2.45) is 57.7 Å². The third-order valence-corrected chi connectivity index (χ3v) is 15.3. The second kappa shape index (κ2) is 12.8. The van der Waals surface area contributed by atoms with E-state index >= 15 is 4.39 Å². The van der Waals surface area contributed by atoms with E-state index in [2.05, 4.69) is 56.6 Å². The highest BCUT2D eigenvalue weighted by atomic mass is 19.1. The number of piperidine rings is 3. The Morgan fingerprint density at radius 2 is 1.60 bits per heavy atom. The lowest BCUT2D eigenvalue weighted by molar-refractivity contribution is 0.129. The van der Waals surface area contributed by atoms with E-state index in [-0.39, 0.29) is 58.3 Å². The number of aromatic nitrogens is 3. The molecule has 10 rings (SSSR count). The van der Waals surface area contributed by atoms with Crippen molar-refractivity contribution < 1.29 is 13.9 Å². The van der Waals surface area contributed by atoms with Gasteiger partial charge in [-0.3, -0.25) is 4.90 Å². The van der Waals surface area contributed by atoms with E-state index in [9.17, 15) is 20.6 Å². The maximum absolute atomic E-state index is 15.9. The monoisotopic (exact) mass is 740 g/mol. The molecule has 282 valence electrons. The van der Waals surface area contributed by atoms with E-state index in [1.165, 1.54) is 11.0 Å². The smallest absolute Gasteiger partial charge is 0.414 e. The maximum atomic E-state index is 15.9. The molecule has 4 aliphatic heterocycles. The first kappa shape index (κ1) is 34.6. The minimum atomic E-state index is -0.524. The summed E-state index contributed by atoms with van der Waals surface area (Å²) >= 11 is 0. The van der Waals surface area contributed by atoms with E-state index in [1.54, 1.807) is 29.2 Å². The molecule has 3 N–H and O–H groups in total. The number of ether oxygens (including phenoxy) is 1. The van der Waals surface area contributed by atoms with Crippen LogP contribution in [0.5, 0.6) is 0 Å². The molecule has 0 spiro atoms. The third kappa shape index (κ3) is 5.11. The van der Waals surface area contributed by atoms with Gasteiger partial charge >= 0.3 is 6.09 Å². The van der Waals surface area contributed by atoms with Crippen LogP contribution in [0.25, 0.3) is 11.1 Å². The van der Waals surface area contributed by atoms with E-state index < -0.39 is 18.0 Å². The van der Waals surface area contributed by atoms with Gasteiger partial charge in [0.25, 0.3) is 0 Å². The lowest BCUT2D eigenvalue weighted by Gasteiger charge is -2.39. The molecule has 5 heterocycles. The highest BCUT2D eigenvalue weighted by Gasteiger charge is 2.78. The summed E-state index contributed by atoms with van der Waals surface area (Å²) in [6, 6.07) is 21.1. The Morgan fingerprint density at radius 1 is 0.891 bits per heavy atom. The van der Waals surface area contributed by atoms with Crippen LogP contribution in [-0.2, 0) is 11.3 Å². The summed E-state index contributed by atoms with van der Waals surface area (Å²) in [6.07, 6.45) is 6.40. The Morgan fingerprint density at radius 3 is 2.27 bits per heavy atom. The van der Waals surface area contributed by atoms with Gasteiger partial charge in [-0.2, -0.15) is 15.8 Å². The van der Waals surface area contributed by atoms with Crippen molar-refractivity contribution in [3.8, 4) is 29.3 Å². The van der Waals surface area contributed by atoms with Crippen LogP contribution in [-0.4, -0.2) is 73.0 Å². The predicted molar refractivity (Wildman–Crippen MR) is 198 cm³/mol. The van der Waals surface area contributed by atoms with Crippen LogP contribution < -0.4 is 20.9 Å². The number of nitriles is 3. The molecular formula is C42H45FN10O2. The fraction of sp³-hybridized carbons (Fsp3) is 0.571. The molecule has 3 saturated carbocycles. The number of amides is 1. The molecule has 12 atom stereocenters. The van der Waals surface area contributed by atoms with Gasteiger partial charge in [-0.25, -0.2) is 13.9 Å². The van der Waals surface area contributed by atoms with Gasteiger partial charge in [-0.1, -0.05) is 42.3 Å². The normalized spacial score (nSPS) is 37.2. The minimum absolute atomic E-state index is 0.00391. The molecule has 12 nitrogen and oxygen atoms in total. The molecule has 1 aromatic heterocycles. The van der Waals surface area contributed by atoms with Gasteiger partial charge in [-0.05, 0) is 91.4 Å². The Hall–Kier alpha value is -4.87. The van der Waals surface area contributed by atoms with Crippen molar-refractivity contribution in [1.29, 1.82) is 15.8 Å². The number of carbonyl (C=O) groups excluding carboxylic acids is 1. The zero-order valence-electron chi connectivity index (χ0n) is 30.7. The SMILES string of the molecule is N#CC1C2CNCC12CCCCC(C(c1ccc(-c2ccc(N3C[C@H](Cn4ccnn4)OC3=O)cc2F)cc1)C12CNCC1C2C#N)C12CNCC1C2C#N. The van der Waals surface area contributed by atoms with E-state index in [1.807, 2.05) is 12.1 Å². The van der Waals surface area contributed by atoms with Crippen molar-refractivity contribution in [2.75, 3.05) is 50.7 Å². The molecule has 7 aliphatic rings. The molecule has 3 aromatic rings. The standard InChI is InChI=1S/C42H45FN10O2/c43-37-13-27(53-21-28(55-39(53)54)20-52-12-11-50-51-52)8-9-29(37)25-4-6-26(7-5-25)38(42-24-49-19-36(42)33(42)16-46)30(41-23-48-18-35(41)32(41)15-45)3-1-2-10-40-22-47-17-34(40)31(40)14-44/h4-9,11-13,28,30-36,38,47-49H,1-3,10,17-24H2/t28-,30?,31?,32?,33?,34?,35?,36?,38?,40?,41?,42?/m0/s1. The van der Waals surface area contributed by atoms with Gasteiger partial charge in [0.2, 0.25) is 0 Å². The van der Waals surface area contributed by atoms with Crippen LogP contribution in [0.2, 0.25) is 0 Å². The maximum Gasteiger partial charge on any atom is 0.414 e. The minimum Gasteiger partial charge on any atom is -0.442 e. The zero-order valence-corrected chi connectivity index (χ0v) is 30.7. The zero-order chi connectivity index (χ0) is 37.5. The van der Waals surface area contributed by atoms with Gasteiger partial charge in [0.1, 0.15) is 11.9 Å². The van der Waals surface area contributed by atoms with Crippen molar-refractivity contribution in [3.05, 3.63) is 66.2 Å². The Labute approximate surface area is 320 Å². The van der Waals surface area contributed by atoms with Crippen LogP contribution in [0, 0.1) is 97.5 Å². The van der Waals surface area contributed by atoms with Crippen molar-refractivity contribution >= 4 is 11.8 Å². The lowest BCUT2D eigenvalue weighted by Crippen LogP contribution is -2.38. The van der Waals surface area contributed by atoms with E-state index in [4.69, 9.17) is 4.74 Å². The Bertz CT molecular complexity index is 2130. The average Bonchev–Trinajstić information content (AvgIpc) is 3.67. The highest BCUT2D eigenvalue weighted by Crippen LogP contribution is 2.76. The summed E-state index contributed by atoms with van der Waals surface area (Å²) in [4.78, 5) is 14.2. The molecule has 1 amide bonds. The molecule has 4 saturated heterocycles. The van der Waals surface area contributed by atoms with Crippen molar-refractivity contribution in [3.63, 3.8) is 0 Å². The number of unbranched alkanes of at least 4 members (excludes halogenated alkanes) is 1. The van der Waals surface area contributed by atoms with Gasteiger partial charge in [0, 0.05) is 47.6 Å². The summed E-state index contributed by atoms with van der Waals surface area (Å²) in [5.74, 6) is 0.994. The summed E-state index contributed by atoms with van der Waals surface area (Å²) in [7, 11) is 0. The number of fused-ring (bicyclic) bond motifs is 3. The van der Waals surface area contributed by atoms with Crippen molar-refractivity contribution in [2.45, 2.75) is 44.2 Å². The van der Waals surface area contributed by atoms with Gasteiger partial charge in [0.15, 0.2) is 0 Å². The second-order valence-corrected chi connectivity index (χ2v) is 17.3. The first-order valence-electron chi connectivity index (χ1n) is 19.9. The molecule has 3 aliphatic carbocycles. The largest absolute Gasteiger partial charge is 0.442 e. The van der Waals surface area contributed by atoms with E-state index in [0.29, 0.717) is 29.6 Å². The Balaban J connectivity index is 0.929. The van der Waals surface area contributed by atoms with Crippen molar-refractivity contribution in [1.82, 2.24) is 30.9 Å². The molecule has 11 unspecified atom stereocenters. The number of rotatable bonds is 13. The summed E-state index contributed by atoms with van der Waals surface area (Å²) in [6.45, 7) is 5.78. The quantitative estimate of drug-likeness (QED) is 0.213. The number of nitrogens with one attached hydrogen (secondary N) is 3. The van der Waals surface area contributed by atoms with Crippen LogP contribution in [0.1, 0.15) is 37.2 Å². The molecule has 2 aromatic carbocycles. The molecule has 13 heteroatoms. The fourth-order valence-corrected chi connectivity index (χ4v) is 12.5. The first-order valence-corrected chi connectivity index (χ1v) is 19.9. The fourth-order valence-electron chi connectivity index (χ4n) is 12.5. The number of hydrogen-bond donors (Lipinski definition) is 3. The second-order valence-electron chi connectivity index (χ2n) is 17.3. The molecule has 0 radical (unpaired) electrons. The first-order chi connectivity index (χ1) is 26.9. The molecule has 55 heavy (non-hydrogen) atoms. The number of nitrogens with zero attached hydrogens (tertiary/aromatic N) is 7. The number of carbonyl (C=O) groups is 1. The number of hydrogen-bond acceptors (Lipinski definition) is 10. The topological polar surface area (TPSA) is 168 Å². The average molecular weight is 741 g/mol. The van der Waals surface area contributed by atoms with Gasteiger partial charge < -0.3 is 20.7 Å². The lowest BCUT2D eigenvalue weighted by atomic mass is 9.64. The van der Waals surface area contributed by atoms with Crippen LogP contribution in [0.3, 0.4) is 0 Å². The number of halogens is 1. The predicted octanol–water partition coefficient (Wildman–Crippen LogP) is 4.45. The third-order valence-electron chi connectivity index (χ3n) is 15.3. The molecular weight excluding hydrogens is 696 g/mol. The molecule has 7 fully saturated rings. The number of benzene rings is 2. The summed E-state index contributed by atoms with van der Waals surface area (Å²) < 4.78 is 23.0. The van der Waals surface area contributed by atoms with Gasteiger partial charge in [-0.15, -0.1) is 5.10 Å². The number of cyclic esters (lactones) is 1. The molecule has 0 bridgehead atoms. The summed E-state index contributed by atoms with van der Waals surface area (Å²) in [5, 5.41) is 49.2. The van der Waals surface area contributed by atoms with E-state index in [0.717, 1.165) is 76.1 Å².